The summed E-state index contributed by atoms with van der Waals surface area (Å²) in [5.74, 6) is 0. The van der Waals surface area contributed by atoms with Gasteiger partial charge in [-0.05, 0) is 0 Å². The zero-order chi connectivity index (χ0) is 9.94. The Bertz CT molecular complexity index is 144. The normalized spacial score (nSPS) is 12.9. The molecule has 0 rings (SSSR count). The maximum atomic E-state index is 2.34. The van der Waals surface area contributed by atoms with E-state index in [0.717, 1.165) is 0 Å². The minimum atomic E-state index is -0.845. The van der Waals surface area contributed by atoms with E-state index in [1.807, 2.05) is 0 Å². The van der Waals surface area contributed by atoms with Crippen molar-refractivity contribution in [3.05, 3.63) is 36.5 Å². The molecule has 0 aliphatic rings. The van der Waals surface area contributed by atoms with Gasteiger partial charge in [0.2, 0.25) is 0 Å². The fraction of sp³-hybridized carbons (Fsp3) is 0.500. The predicted molar refractivity (Wildman–Crippen MR) is 58.9 cm³/mol. The van der Waals surface area contributed by atoms with Gasteiger partial charge in [-0.2, -0.15) is 0 Å². The Kier molecular flexibility index (Phi) is 9.92. The minimum absolute atomic E-state index is 0.845. The summed E-state index contributed by atoms with van der Waals surface area (Å²) in [4.78, 5) is 4.11. The molecule has 0 N–H and O–H groups in total. The summed E-state index contributed by atoms with van der Waals surface area (Å²) in [5, 5.41) is 0. The molecule has 0 aromatic heterocycles. The van der Waals surface area contributed by atoms with Gasteiger partial charge in [-0.1, -0.05) is 0 Å². The average Bonchev–Trinajstić information content (AvgIpc) is 2.17. The number of allylic oxidation sites excluding steroid dienone is 6. The molecule has 0 bridgehead atoms. The topological polar surface area (TPSA) is 0 Å². The van der Waals surface area contributed by atoms with Gasteiger partial charge in [-0.15, -0.1) is 0 Å². The second-order valence-corrected chi connectivity index (χ2v) is 8.29. The zero-order valence-corrected chi connectivity index (χ0v) is 11.0. The van der Waals surface area contributed by atoms with Crippen LogP contribution in [0.2, 0.25) is 14.4 Å². The van der Waals surface area contributed by atoms with E-state index in [2.05, 4.69) is 57.2 Å². The second-order valence-electron chi connectivity index (χ2n) is 2.82. The standard InChI is InChI=1S/3C4H7.Mo/c3*1-3-4-2;/h3*3-4H,1H2,2H3;. The van der Waals surface area contributed by atoms with Crippen molar-refractivity contribution in [2.45, 2.75) is 35.2 Å². The van der Waals surface area contributed by atoms with Gasteiger partial charge in [0.05, 0.1) is 0 Å². The Labute approximate surface area is 89.0 Å². The van der Waals surface area contributed by atoms with E-state index in [1.54, 1.807) is 0 Å². The number of hydrogen-bond donors (Lipinski definition) is 0. The summed E-state index contributed by atoms with van der Waals surface area (Å²) < 4.78 is 0. The first kappa shape index (κ1) is 12.9. The average molecular weight is 261 g/mol. The van der Waals surface area contributed by atoms with Gasteiger partial charge < -0.3 is 0 Å². The molecule has 13 heavy (non-hydrogen) atoms. The van der Waals surface area contributed by atoms with Gasteiger partial charge >= 0.3 is 89.0 Å². The van der Waals surface area contributed by atoms with E-state index in [-0.39, 0.29) is 0 Å². The van der Waals surface area contributed by atoms with Crippen LogP contribution in [0.25, 0.3) is 0 Å². The molecule has 0 saturated heterocycles. The molecular weight excluding hydrogens is 240 g/mol. The molecule has 0 saturated carbocycles. The van der Waals surface area contributed by atoms with Crippen LogP contribution >= 0.6 is 0 Å². The SMILES string of the molecule is CC=C[CH2][Mo]([CH2]C=CC)[CH2]C=CC. The molecular formula is C12H21Mo. The van der Waals surface area contributed by atoms with Crippen molar-refractivity contribution >= 4 is 0 Å². The van der Waals surface area contributed by atoms with Crippen LogP contribution in [-0.4, -0.2) is 0 Å². The molecule has 0 aliphatic carbocycles. The van der Waals surface area contributed by atoms with Crippen LogP contribution in [0.1, 0.15) is 20.8 Å². The van der Waals surface area contributed by atoms with Gasteiger partial charge in [-0.25, -0.2) is 0 Å². The van der Waals surface area contributed by atoms with Crippen LogP contribution in [0, 0.1) is 0 Å². The quantitative estimate of drug-likeness (QED) is 0.484. The van der Waals surface area contributed by atoms with Crippen LogP contribution in [-0.2, 0) is 17.3 Å². The molecule has 0 aliphatic heterocycles. The summed E-state index contributed by atoms with van der Waals surface area (Å²) >= 11 is -0.845. The van der Waals surface area contributed by atoms with E-state index < -0.39 is 17.3 Å². The van der Waals surface area contributed by atoms with E-state index in [0.29, 0.717) is 0 Å². The van der Waals surface area contributed by atoms with Crippen molar-refractivity contribution in [3.63, 3.8) is 0 Å². The molecule has 0 radical (unpaired) electrons. The summed E-state index contributed by atoms with van der Waals surface area (Å²) in [6.07, 6.45) is 13.6. The molecule has 0 heterocycles. The fourth-order valence-electron chi connectivity index (χ4n) is 0.901. The van der Waals surface area contributed by atoms with Crippen molar-refractivity contribution in [3.8, 4) is 0 Å². The Balaban J connectivity index is 3.86. The molecule has 0 fully saturated rings. The first-order valence-corrected chi connectivity index (χ1v) is 9.08. The third kappa shape index (κ3) is 8.24. The van der Waals surface area contributed by atoms with Crippen LogP contribution in [0.3, 0.4) is 0 Å². The molecule has 75 valence electrons. The van der Waals surface area contributed by atoms with E-state index >= 15 is 0 Å². The van der Waals surface area contributed by atoms with E-state index in [1.165, 1.54) is 14.4 Å². The van der Waals surface area contributed by atoms with Gasteiger partial charge in [0, 0.05) is 0 Å². The molecule has 0 aromatic carbocycles. The van der Waals surface area contributed by atoms with Gasteiger partial charge in [-0.3, -0.25) is 0 Å². The third-order valence-corrected chi connectivity index (χ3v) is 6.60. The van der Waals surface area contributed by atoms with Gasteiger partial charge in [0.15, 0.2) is 0 Å². The molecule has 0 unspecified atom stereocenters. The van der Waals surface area contributed by atoms with Crippen molar-refractivity contribution in [2.75, 3.05) is 0 Å². The Hall–Kier alpha value is -0.0917. The zero-order valence-electron chi connectivity index (χ0n) is 8.99. The number of hydrogen-bond acceptors (Lipinski definition) is 0. The molecule has 0 nitrogen and oxygen atoms in total. The number of rotatable bonds is 6. The van der Waals surface area contributed by atoms with Crippen LogP contribution < -0.4 is 0 Å². The van der Waals surface area contributed by atoms with Crippen LogP contribution in [0.4, 0.5) is 0 Å². The van der Waals surface area contributed by atoms with Gasteiger partial charge in [0.1, 0.15) is 0 Å². The molecule has 0 aromatic rings. The van der Waals surface area contributed by atoms with Crippen molar-refractivity contribution < 1.29 is 17.3 Å². The van der Waals surface area contributed by atoms with Crippen molar-refractivity contribution in [1.82, 2.24) is 0 Å². The summed E-state index contributed by atoms with van der Waals surface area (Å²) in [7, 11) is 0. The van der Waals surface area contributed by atoms with E-state index in [4.69, 9.17) is 0 Å². The summed E-state index contributed by atoms with van der Waals surface area (Å²) in [6, 6.07) is 0. The van der Waals surface area contributed by atoms with Crippen LogP contribution in [0.5, 0.6) is 0 Å². The third-order valence-electron chi connectivity index (χ3n) is 1.70. The molecule has 0 spiro atoms. The Morgan fingerprint density at radius 2 is 1.00 bits per heavy atom. The molecule has 0 atom stereocenters. The van der Waals surface area contributed by atoms with Gasteiger partial charge in [0.25, 0.3) is 0 Å². The summed E-state index contributed by atoms with van der Waals surface area (Å²) in [6.45, 7) is 6.34. The summed E-state index contributed by atoms with van der Waals surface area (Å²) in [5.41, 5.74) is 0. The van der Waals surface area contributed by atoms with E-state index in [9.17, 15) is 0 Å². The maximum absolute atomic E-state index is 2.34. The van der Waals surface area contributed by atoms with Crippen molar-refractivity contribution in [1.29, 1.82) is 0 Å². The Morgan fingerprint density at radius 1 is 0.692 bits per heavy atom. The first-order valence-electron chi connectivity index (χ1n) is 4.82. The first-order chi connectivity index (χ1) is 6.35. The van der Waals surface area contributed by atoms with Crippen molar-refractivity contribution in [2.24, 2.45) is 0 Å². The predicted octanol–water partition coefficient (Wildman–Crippen LogP) is 4.59. The molecule has 1 heteroatoms. The monoisotopic (exact) mass is 263 g/mol. The second kappa shape index (κ2) is 9.99. The fourth-order valence-corrected chi connectivity index (χ4v) is 5.33. The molecule has 0 amide bonds. The van der Waals surface area contributed by atoms with Crippen LogP contribution in [0.15, 0.2) is 36.5 Å². The Morgan fingerprint density at radius 3 is 1.23 bits per heavy atom.